The number of carboxylic acids is 1. The normalized spacial score (nSPS) is 13.7. The van der Waals surface area contributed by atoms with Crippen LogP contribution in [0.3, 0.4) is 0 Å². The molecule has 0 aliphatic carbocycles. The van der Waals surface area contributed by atoms with Crippen molar-refractivity contribution in [2.45, 2.75) is 58.9 Å². The van der Waals surface area contributed by atoms with Crippen molar-refractivity contribution in [3.63, 3.8) is 0 Å². The SMILES string of the molecule is CC(CNC(=O)CCC(NC=O)C(=O)O)COCCC(C)(C)CCCN. The molecule has 8 heteroatoms. The lowest BCUT2D eigenvalue weighted by atomic mass is 9.85. The number of nitrogens with two attached hydrogens (primary N) is 1. The number of carboxylic acid groups (broad SMARTS) is 1. The summed E-state index contributed by atoms with van der Waals surface area (Å²) in [4.78, 5) is 33.0. The van der Waals surface area contributed by atoms with Crippen LogP contribution < -0.4 is 16.4 Å². The van der Waals surface area contributed by atoms with Crippen molar-refractivity contribution in [3.8, 4) is 0 Å². The molecule has 8 nitrogen and oxygen atoms in total. The first-order valence-electron chi connectivity index (χ1n) is 9.19. The first kappa shape index (κ1) is 24.3. The van der Waals surface area contributed by atoms with Gasteiger partial charge in [-0.05, 0) is 43.6 Å². The highest BCUT2D eigenvalue weighted by molar-refractivity contribution is 5.79. The maximum atomic E-state index is 11.8. The second kappa shape index (κ2) is 13.5. The van der Waals surface area contributed by atoms with Gasteiger partial charge in [0.25, 0.3) is 0 Å². The number of aliphatic carboxylic acids is 1. The van der Waals surface area contributed by atoms with E-state index in [1.807, 2.05) is 6.92 Å². The molecule has 0 radical (unpaired) electrons. The Labute approximate surface area is 156 Å². The predicted octanol–water partition coefficient (Wildman–Crippen LogP) is 0.890. The maximum Gasteiger partial charge on any atom is 0.326 e. The summed E-state index contributed by atoms with van der Waals surface area (Å²) in [6.07, 6.45) is 3.48. The number of amides is 2. The molecule has 0 aromatic heterocycles. The van der Waals surface area contributed by atoms with E-state index in [1.54, 1.807) is 0 Å². The van der Waals surface area contributed by atoms with E-state index in [-0.39, 0.29) is 30.1 Å². The summed E-state index contributed by atoms with van der Waals surface area (Å²) in [6.45, 7) is 8.80. The highest BCUT2D eigenvalue weighted by Gasteiger charge is 2.18. The molecule has 0 aromatic rings. The molecule has 26 heavy (non-hydrogen) atoms. The number of ether oxygens (including phenoxy) is 1. The molecule has 0 saturated carbocycles. The van der Waals surface area contributed by atoms with Crippen molar-refractivity contribution < 1.29 is 24.2 Å². The van der Waals surface area contributed by atoms with Crippen LogP contribution in [0.25, 0.3) is 0 Å². The monoisotopic (exact) mass is 373 g/mol. The van der Waals surface area contributed by atoms with Gasteiger partial charge in [0.15, 0.2) is 0 Å². The molecular formula is C18H35N3O5. The number of carbonyl (C=O) groups excluding carboxylic acids is 2. The largest absolute Gasteiger partial charge is 0.480 e. The van der Waals surface area contributed by atoms with Gasteiger partial charge in [0.1, 0.15) is 6.04 Å². The van der Waals surface area contributed by atoms with Crippen molar-refractivity contribution in [2.24, 2.45) is 17.1 Å². The van der Waals surface area contributed by atoms with Gasteiger partial charge in [0.05, 0.1) is 6.61 Å². The first-order valence-corrected chi connectivity index (χ1v) is 9.19. The van der Waals surface area contributed by atoms with Crippen LogP contribution in [0.2, 0.25) is 0 Å². The van der Waals surface area contributed by atoms with Gasteiger partial charge in [-0.3, -0.25) is 9.59 Å². The van der Waals surface area contributed by atoms with Crippen LogP contribution in [-0.4, -0.2) is 55.7 Å². The van der Waals surface area contributed by atoms with Crippen LogP contribution in [0.15, 0.2) is 0 Å². The van der Waals surface area contributed by atoms with Gasteiger partial charge in [-0.25, -0.2) is 4.79 Å². The predicted molar refractivity (Wildman–Crippen MR) is 99.5 cm³/mol. The van der Waals surface area contributed by atoms with Crippen LogP contribution in [-0.2, 0) is 19.1 Å². The zero-order valence-corrected chi connectivity index (χ0v) is 16.3. The molecule has 0 bridgehead atoms. The average molecular weight is 373 g/mol. The standard InChI is InChI=1S/C18H35N3O5/c1-14(12-26-10-8-18(2,3)7-4-9-19)11-20-16(23)6-5-15(17(24)25)21-13-22/h13-15H,4-12,19H2,1-3H3,(H,20,23)(H,21,22)(H,24,25). The minimum absolute atomic E-state index is 0.0424. The van der Waals surface area contributed by atoms with Crippen molar-refractivity contribution in [1.82, 2.24) is 10.6 Å². The molecule has 0 aromatic carbocycles. The average Bonchev–Trinajstić information content (AvgIpc) is 2.58. The number of hydrogen-bond acceptors (Lipinski definition) is 5. The van der Waals surface area contributed by atoms with Crippen molar-refractivity contribution in [2.75, 3.05) is 26.3 Å². The van der Waals surface area contributed by atoms with Crippen molar-refractivity contribution in [3.05, 3.63) is 0 Å². The molecule has 0 aliphatic rings. The lowest BCUT2D eigenvalue weighted by Crippen LogP contribution is -2.37. The molecule has 0 saturated heterocycles. The minimum atomic E-state index is -1.15. The number of nitrogens with one attached hydrogen (secondary N) is 2. The van der Waals surface area contributed by atoms with Crippen molar-refractivity contribution in [1.29, 1.82) is 0 Å². The van der Waals surface area contributed by atoms with E-state index in [0.717, 1.165) is 19.3 Å². The topological polar surface area (TPSA) is 131 Å². The van der Waals surface area contributed by atoms with Gasteiger partial charge in [0, 0.05) is 19.6 Å². The summed E-state index contributed by atoms with van der Waals surface area (Å²) in [5.41, 5.74) is 5.76. The number of carbonyl (C=O) groups is 3. The van der Waals surface area contributed by atoms with Crippen molar-refractivity contribution >= 4 is 18.3 Å². The molecule has 0 aliphatic heterocycles. The van der Waals surface area contributed by atoms with Crippen LogP contribution in [0.4, 0.5) is 0 Å². The molecule has 2 atom stereocenters. The van der Waals surface area contributed by atoms with E-state index in [1.165, 1.54) is 0 Å². The third-order valence-corrected chi connectivity index (χ3v) is 4.26. The van der Waals surface area contributed by atoms with Gasteiger partial charge in [-0.2, -0.15) is 0 Å². The van der Waals surface area contributed by atoms with Crippen LogP contribution in [0.5, 0.6) is 0 Å². The third-order valence-electron chi connectivity index (χ3n) is 4.26. The van der Waals surface area contributed by atoms with Gasteiger partial charge >= 0.3 is 5.97 Å². The second-order valence-corrected chi connectivity index (χ2v) is 7.50. The lowest BCUT2D eigenvalue weighted by Gasteiger charge is -2.24. The maximum absolute atomic E-state index is 11.8. The Morgan fingerprint density at radius 3 is 2.58 bits per heavy atom. The summed E-state index contributed by atoms with van der Waals surface area (Å²) in [5, 5.41) is 13.8. The smallest absolute Gasteiger partial charge is 0.326 e. The van der Waals surface area contributed by atoms with E-state index in [9.17, 15) is 14.4 Å². The Hall–Kier alpha value is -1.67. The Morgan fingerprint density at radius 1 is 1.31 bits per heavy atom. The Bertz CT molecular complexity index is 429. The fraction of sp³-hybridized carbons (Fsp3) is 0.833. The third kappa shape index (κ3) is 12.7. The van der Waals surface area contributed by atoms with Crippen LogP contribution >= 0.6 is 0 Å². The van der Waals surface area contributed by atoms with E-state index in [4.69, 9.17) is 15.6 Å². The molecule has 0 fully saturated rings. The highest BCUT2D eigenvalue weighted by Crippen LogP contribution is 2.26. The van der Waals surface area contributed by atoms with Crippen LogP contribution in [0, 0.1) is 11.3 Å². The number of rotatable bonds is 16. The summed E-state index contributed by atoms with van der Waals surface area (Å²) >= 11 is 0. The van der Waals surface area contributed by atoms with E-state index in [2.05, 4.69) is 24.5 Å². The first-order chi connectivity index (χ1) is 12.2. The lowest BCUT2D eigenvalue weighted by molar-refractivity contribution is -0.140. The van der Waals surface area contributed by atoms with Gasteiger partial charge in [-0.15, -0.1) is 0 Å². The fourth-order valence-electron chi connectivity index (χ4n) is 2.41. The Morgan fingerprint density at radius 2 is 2.00 bits per heavy atom. The van der Waals surface area contributed by atoms with E-state index in [0.29, 0.717) is 32.7 Å². The van der Waals surface area contributed by atoms with Gasteiger partial charge < -0.3 is 26.2 Å². The summed E-state index contributed by atoms with van der Waals surface area (Å²) in [5.74, 6) is -1.23. The molecule has 5 N–H and O–H groups in total. The van der Waals surface area contributed by atoms with E-state index < -0.39 is 12.0 Å². The Kier molecular flexibility index (Phi) is 12.7. The molecule has 0 heterocycles. The summed E-state index contributed by atoms with van der Waals surface area (Å²) in [6, 6.07) is -1.04. The van der Waals surface area contributed by atoms with E-state index >= 15 is 0 Å². The summed E-state index contributed by atoms with van der Waals surface area (Å²) < 4.78 is 5.70. The zero-order chi connectivity index (χ0) is 20.0. The summed E-state index contributed by atoms with van der Waals surface area (Å²) in [7, 11) is 0. The highest BCUT2D eigenvalue weighted by atomic mass is 16.5. The van der Waals surface area contributed by atoms with Gasteiger partial charge in [0.2, 0.25) is 12.3 Å². The fourth-order valence-corrected chi connectivity index (χ4v) is 2.41. The minimum Gasteiger partial charge on any atom is -0.480 e. The molecular weight excluding hydrogens is 338 g/mol. The molecule has 152 valence electrons. The Balaban J connectivity index is 3.87. The zero-order valence-electron chi connectivity index (χ0n) is 16.3. The quantitative estimate of drug-likeness (QED) is 0.235. The number of hydrogen-bond donors (Lipinski definition) is 4. The van der Waals surface area contributed by atoms with Crippen LogP contribution in [0.1, 0.15) is 52.9 Å². The molecule has 2 amide bonds. The molecule has 0 spiro atoms. The molecule has 2 unspecified atom stereocenters. The van der Waals surface area contributed by atoms with Gasteiger partial charge in [-0.1, -0.05) is 20.8 Å². The molecule has 0 rings (SSSR count). The second-order valence-electron chi connectivity index (χ2n) is 7.50.